The molecule has 0 aromatic rings. The lowest BCUT2D eigenvalue weighted by molar-refractivity contribution is -0.255. The van der Waals surface area contributed by atoms with Gasteiger partial charge in [-0.15, -0.1) is 12.0 Å². The quantitative estimate of drug-likeness (QED) is 0.162. The first-order valence-electron chi connectivity index (χ1n) is 13.3. The molecule has 43 heavy (non-hydrogen) atoms. The largest absolute Gasteiger partial charge is 0.416 e. The van der Waals surface area contributed by atoms with E-state index < -0.39 is 61.2 Å². The van der Waals surface area contributed by atoms with Gasteiger partial charge in [-0.1, -0.05) is 52.4 Å². The monoisotopic (exact) mass is 702 g/mol. The van der Waals surface area contributed by atoms with E-state index in [1.54, 1.807) is 0 Å². The summed E-state index contributed by atoms with van der Waals surface area (Å²) in [5.74, 6) is 0. The molecule has 0 aromatic heterocycles. The fraction of sp³-hybridized carbons (Fsp3) is 0.923. The van der Waals surface area contributed by atoms with Crippen LogP contribution in [-0.4, -0.2) is 82.4 Å². The van der Waals surface area contributed by atoms with Crippen LogP contribution >= 0.6 is 0 Å². The molecule has 1 rings (SSSR count). The summed E-state index contributed by atoms with van der Waals surface area (Å²) in [6, 6.07) is 2.33. The standard InChI is InChI=1S/C9H15F3OSi.C8H15F3OSi.C8H17F3OSi.CH4.2H2O/c1-4-14(3)7-5-6-8(2,13)9(10,11)12;1-7(8(9,10)11)5-4-6-13(2,3)12-7;1-7(12,8(9,10)11)5-4-6-13(2)3;;;/h1,13-14H,5-7H2,2-3H3;4-6H2,1-3H3;12-13H,4-6H2,1-3H3;1H4;2*1H2. The number of hydrogen-bond donors (Lipinski definition) is 2. The second-order valence-electron chi connectivity index (χ2n) is 12.2. The highest BCUT2D eigenvalue weighted by Gasteiger charge is 2.56. The summed E-state index contributed by atoms with van der Waals surface area (Å²) in [4.78, 5) is 0. The van der Waals surface area contributed by atoms with Crippen LogP contribution in [0.1, 0.15) is 66.7 Å². The Morgan fingerprint density at radius 2 is 1.21 bits per heavy atom. The van der Waals surface area contributed by atoms with Gasteiger partial charge in [-0.25, -0.2) is 0 Å². The predicted molar refractivity (Wildman–Crippen MR) is 163 cm³/mol. The van der Waals surface area contributed by atoms with Crippen molar-refractivity contribution in [3.05, 3.63) is 0 Å². The number of hydrogen-bond acceptors (Lipinski definition) is 3. The van der Waals surface area contributed by atoms with Gasteiger partial charge in [0.1, 0.15) is 14.4 Å². The van der Waals surface area contributed by atoms with Crippen LogP contribution < -0.4 is 0 Å². The van der Waals surface area contributed by atoms with E-state index in [-0.39, 0.29) is 37.6 Å². The van der Waals surface area contributed by atoms with Gasteiger partial charge in [0.25, 0.3) is 0 Å². The molecule has 4 unspecified atom stereocenters. The second-order valence-corrected chi connectivity index (χ2v) is 22.5. The van der Waals surface area contributed by atoms with Gasteiger partial charge in [-0.2, -0.15) is 39.5 Å². The minimum absolute atomic E-state index is 0. The van der Waals surface area contributed by atoms with Crippen molar-refractivity contribution in [1.29, 1.82) is 0 Å². The Hall–Kier alpha value is -0.619. The summed E-state index contributed by atoms with van der Waals surface area (Å²) in [7, 11) is -4.12. The van der Waals surface area contributed by atoms with Crippen molar-refractivity contribution in [3.8, 4) is 12.0 Å². The molecule has 0 spiro atoms. The lowest BCUT2D eigenvalue weighted by Gasteiger charge is -2.43. The summed E-state index contributed by atoms with van der Waals surface area (Å²) in [6.45, 7) is 12.6. The number of rotatable bonds is 8. The van der Waals surface area contributed by atoms with Gasteiger partial charge in [0.2, 0.25) is 0 Å². The molecule has 264 valence electrons. The molecule has 0 aliphatic carbocycles. The van der Waals surface area contributed by atoms with Crippen molar-refractivity contribution in [2.75, 3.05) is 0 Å². The zero-order valence-corrected chi connectivity index (χ0v) is 29.1. The molecule has 0 aromatic carbocycles. The maximum absolute atomic E-state index is 12.6. The maximum Gasteiger partial charge on any atom is 0.416 e. The van der Waals surface area contributed by atoms with Gasteiger partial charge in [-0.3, -0.25) is 0 Å². The van der Waals surface area contributed by atoms with Crippen LogP contribution in [0.4, 0.5) is 39.5 Å². The lowest BCUT2D eigenvalue weighted by atomic mass is 10.0. The molecule has 17 heteroatoms. The second kappa shape index (κ2) is 19.8. The van der Waals surface area contributed by atoms with E-state index in [2.05, 4.69) is 18.6 Å². The van der Waals surface area contributed by atoms with Crippen molar-refractivity contribution >= 4 is 25.9 Å². The number of terminal acetylenes is 1. The Kier molecular flexibility index (Phi) is 23.9. The fourth-order valence-corrected chi connectivity index (χ4v) is 8.31. The summed E-state index contributed by atoms with van der Waals surface area (Å²) in [5.41, 5.74) is -4.40. The maximum atomic E-state index is 12.6. The topological polar surface area (TPSA) is 113 Å². The molecule has 4 atom stereocenters. The van der Waals surface area contributed by atoms with Crippen LogP contribution in [0, 0.1) is 12.0 Å². The van der Waals surface area contributed by atoms with Crippen molar-refractivity contribution in [3.63, 3.8) is 0 Å². The van der Waals surface area contributed by atoms with Crippen LogP contribution in [0.15, 0.2) is 0 Å². The summed E-state index contributed by atoms with van der Waals surface area (Å²) >= 11 is 0. The SMILES string of the molecule is C.C#C[SiH](C)CCCC(C)(O)C(F)(F)F.CC1(C(F)(F)F)CCC[Si](C)(C)O1.C[SiH](C)CCCC(C)(O)C(F)(F)F.O.O. The average molecular weight is 703 g/mol. The molecular weight excluding hydrogens is 648 g/mol. The lowest BCUT2D eigenvalue weighted by Crippen LogP contribution is -2.54. The third kappa shape index (κ3) is 20.2. The molecule has 1 saturated heterocycles. The molecule has 0 radical (unpaired) electrons. The van der Waals surface area contributed by atoms with Crippen LogP contribution in [0.3, 0.4) is 0 Å². The van der Waals surface area contributed by atoms with Crippen LogP contribution in [-0.2, 0) is 4.43 Å². The summed E-state index contributed by atoms with van der Waals surface area (Å²) in [6.07, 6.45) is -7.03. The van der Waals surface area contributed by atoms with Crippen molar-refractivity contribution in [2.45, 2.75) is 153 Å². The molecule has 6 N–H and O–H groups in total. The molecule has 0 bridgehead atoms. The van der Waals surface area contributed by atoms with E-state index in [0.29, 0.717) is 25.3 Å². The normalized spacial score (nSPS) is 21.7. The fourth-order valence-electron chi connectivity index (χ4n) is 3.74. The smallest absolute Gasteiger partial charge is 0.412 e. The Balaban J connectivity index is -0.000000162. The molecule has 1 aliphatic rings. The molecule has 1 heterocycles. The van der Waals surface area contributed by atoms with Gasteiger partial charge in [0.05, 0.1) is 0 Å². The first-order chi connectivity index (χ1) is 17.5. The van der Waals surface area contributed by atoms with E-state index in [4.69, 9.17) is 21.1 Å². The van der Waals surface area contributed by atoms with E-state index in [0.717, 1.165) is 25.9 Å². The third-order valence-electron chi connectivity index (χ3n) is 6.79. The number of aliphatic hydroxyl groups is 2. The third-order valence-corrected chi connectivity index (χ3v) is 12.8. The highest BCUT2D eigenvalue weighted by atomic mass is 28.4. The zero-order chi connectivity index (χ0) is 32.4. The van der Waals surface area contributed by atoms with Gasteiger partial charge in [-0.05, 0) is 65.2 Å². The summed E-state index contributed by atoms with van der Waals surface area (Å²) in [5, 5.41) is 18.1. The highest BCUT2D eigenvalue weighted by molar-refractivity contribution is 6.71. The minimum Gasteiger partial charge on any atom is -0.412 e. The van der Waals surface area contributed by atoms with Crippen LogP contribution in [0.5, 0.6) is 0 Å². The Bertz CT molecular complexity index is 782. The molecule has 1 fully saturated rings. The first kappa shape index (κ1) is 51.9. The van der Waals surface area contributed by atoms with Crippen LogP contribution in [0.2, 0.25) is 50.9 Å². The molecule has 5 nitrogen and oxygen atoms in total. The van der Waals surface area contributed by atoms with Gasteiger partial charge < -0.3 is 25.6 Å². The van der Waals surface area contributed by atoms with Gasteiger partial charge >= 0.3 is 18.5 Å². The van der Waals surface area contributed by atoms with E-state index >= 15 is 0 Å². The first-order valence-corrected chi connectivity index (χ1v) is 22.1. The van der Waals surface area contributed by atoms with Crippen molar-refractivity contribution < 1.29 is 65.1 Å². The molecule has 0 amide bonds. The molecule has 1 aliphatic heterocycles. The minimum atomic E-state index is -4.55. The van der Waals surface area contributed by atoms with E-state index in [1.807, 2.05) is 19.6 Å². The van der Waals surface area contributed by atoms with Crippen molar-refractivity contribution in [2.24, 2.45) is 0 Å². The van der Waals surface area contributed by atoms with Gasteiger partial charge in [0.15, 0.2) is 19.5 Å². The summed E-state index contributed by atoms with van der Waals surface area (Å²) < 4.78 is 116. The number of halogens is 9. The Morgan fingerprint density at radius 3 is 1.47 bits per heavy atom. The molecular formula is C26H55F9O5Si3. The molecule has 0 saturated carbocycles. The van der Waals surface area contributed by atoms with E-state index in [9.17, 15) is 39.5 Å². The Labute approximate surface area is 255 Å². The number of alkyl halides is 9. The Morgan fingerprint density at radius 1 is 0.837 bits per heavy atom. The average Bonchev–Trinajstić information content (AvgIpc) is 2.70. The highest BCUT2D eigenvalue weighted by Crippen LogP contribution is 2.43. The van der Waals surface area contributed by atoms with Crippen LogP contribution in [0.25, 0.3) is 0 Å². The predicted octanol–water partition coefficient (Wildman–Crippen LogP) is 6.99. The zero-order valence-electron chi connectivity index (χ0n) is 25.8. The van der Waals surface area contributed by atoms with Crippen molar-refractivity contribution in [1.82, 2.24) is 0 Å². The van der Waals surface area contributed by atoms with Gasteiger partial charge in [0, 0.05) is 8.80 Å². The van der Waals surface area contributed by atoms with E-state index in [1.165, 1.54) is 6.92 Å².